The summed E-state index contributed by atoms with van der Waals surface area (Å²) >= 11 is 0. The Bertz CT molecular complexity index is 527. The molecule has 0 atom stereocenters. The Balaban J connectivity index is 1.70. The first-order chi connectivity index (χ1) is 9.15. The third kappa shape index (κ3) is 2.68. The third-order valence-corrected chi connectivity index (χ3v) is 3.84. The highest BCUT2D eigenvalue weighted by atomic mass is 16.3. The normalized spacial score (nSPS) is 27.6. The van der Waals surface area contributed by atoms with Crippen LogP contribution in [0.1, 0.15) is 32.6 Å². The van der Waals surface area contributed by atoms with E-state index in [1.165, 1.54) is 4.80 Å². The summed E-state index contributed by atoms with van der Waals surface area (Å²) in [6, 6.07) is 3.57. The Labute approximate surface area is 111 Å². The molecule has 1 aliphatic carbocycles. The van der Waals surface area contributed by atoms with Gasteiger partial charge in [-0.3, -0.25) is 0 Å². The van der Waals surface area contributed by atoms with Crippen LogP contribution in [-0.4, -0.2) is 30.9 Å². The number of furan rings is 1. The van der Waals surface area contributed by atoms with Gasteiger partial charge in [0, 0.05) is 0 Å². The Morgan fingerprint density at radius 1 is 1.47 bits per heavy atom. The fourth-order valence-corrected chi connectivity index (χ4v) is 2.54. The van der Waals surface area contributed by atoms with E-state index in [0.717, 1.165) is 25.7 Å². The largest absolute Gasteiger partial charge is 0.461 e. The number of nitrogens with zero attached hydrogens (tertiary/aromatic N) is 4. The topological polar surface area (TPSA) is 77.0 Å². The van der Waals surface area contributed by atoms with Crippen molar-refractivity contribution in [2.24, 2.45) is 5.92 Å². The van der Waals surface area contributed by atoms with E-state index in [1.807, 2.05) is 0 Å². The molecule has 2 heterocycles. The predicted molar refractivity (Wildman–Crippen MR) is 68.1 cm³/mol. The minimum absolute atomic E-state index is 0.396. The zero-order chi connectivity index (χ0) is 13.3. The van der Waals surface area contributed by atoms with E-state index in [4.69, 9.17) is 4.42 Å². The molecule has 0 unspecified atom stereocenters. The third-order valence-electron chi connectivity index (χ3n) is 3.84. The minimum Gasteiger partial charge on any atom is -0.461 e. The van der Waals surface area contributed by atoms with Gasteiger partial charge in [-0.05, 0) is 48.9 Å². The van der Waals surface area contributed by atoms with Gasteiger partial charge in [-0.25, -0.2) is 0 Å². The van der Waals surface area contributed by atoms with E-state index in [9.17, 15) is 5.11 Å². The van der Waals surface area contributed by atoms with Gasteiger partial charge in [0.2, 0.25) is 5.82 Å². The number of aliphatic hydroxyl groups is 1. The van der Waals surface area contributed by atoms with Crippen molar-refractivity contribution in [3.8, 4) is 11.6 Å². The summed E-state index contributed by atoms with van der Waals surface area (Å²) in [5.41, 5.74) is -0.701. The zero-order valence-electron chi connectivity index (χ0n) is 11.0. The molecule has 2 aromatic heterocycles. The van der Waals surface area contributed by atoms with Crippen LogP contribution in [-0.2, 0) is 6.54 Å². The summed E-state index contributed by atoms with van der Waals surface area (Å²) < 4.78 is 5.22. The van der Waals surface area contributed by atoms with Crippen LogP contribution in [0.3, 0.4) is 0 Å². The van der Waals surface area contributed by atoms with Gasteiger partial charge >= 0.3 is 0 Å². The standard InChI is InChI=1S/C13H18N4O2/c1-10-4-6-13(18,7-5-10)9-17-15-12(14-16-17)11-3-2-8-19-11/h2-3,8,10,18H,4-7,9H2,1H3. The van der Waals surface area contributed by atoms with Gasteiger partial charge in [0.15, 0.2) is 5.76 Å². The molecule has 3 rings (SSSR count). The quantitative estimate of drug-likeness (QED) is 0.913. The first-order valence-electron chi connectivity index (χ1n) is 6.69. The maximum Gasteiger partial charge on any atom is 0.240 e. The molecule has 0 aliphatic heterocycles. The summed E-state index contributed by atoms with van der Waals surface area (Å²) in [7, 11) is 0. The molecule has 2 aromatic rings. The first kappa shape index (κ1) is 12.3. The van der Waals surface area contributed by atoms with Crippen LogP contribution in [0, 0.1) is 5.92 Å². The van der Waals surface area contributed by atoms with Crippen molar-refractivity contribution in [1.29, 1.82) is 0 Å². The molecule has 0 amide bonds. The fraction of sp³-hybridized carbons (Fsp3) is 0.615. The van der Waals surface area contributed by atoms with Crippen LogP contribution in [0.25, 0.3) is 11.6 Å². The average molecular weight is 262 g/mol. The van der Waals surface area contributed by atoms with Crippen molar-refractivity contribution in [2.75, 3.05) is 0 Å². The molecule has 6 heteroatoms. The predicted octanol–water partition coefficient (Wildman–Crippen LogP) is 1.87. The molecule has 0 aromatic carbocycles. The van der Waals surface area contributed by atoms with E-state index < -0.39 is 5.60 Å². The highest BCUT2D eigenvalue weighted by molar-refractivity contribution is 5.43. The summed E-state index contributed by atoms with van der Waals surface area (Å²) in [5.74, 6) is 1.75. The van der Waals surface area contributed by atoms with Crippen LogP contribution < -0.4 is 0 Å². The van der Waals surface area contributed by atoms with Gasteiger partial charge in [0.05, 0.1) is 18.4 Å². The minimum atomic E-state index is -0.701. The van der Waals surface area contributed by atoms with Crippen LogP contribution in [0.4, 0.5) is 0 Å². The molecular weight excluding hydrogens is 244 g/mol. The molecule has 19 heavy (non-hydrogen) atoms. The number of rotatable bonds is 3. The Morgan fingerprint density at radius 3 is 2.95 bits per heavy atom. The number of hydrogen-bond acceptors (Lipinski definition) is 5. The van der Waals surface area contributed by atoms with Crippen molar-refractivity contribution < 1.29 is 9.52 Å². The van der Waals surface area contributed by atoms with Crippen molar-refractivity contribution in [1.82, 2.24) is 20.2 Å². The number of tetrazole rings is 1. The van der Waals surface area contributed by atoms with E-state index in [2.05, 4.69) is 22.3 Å². The average Bonchev–Trinajstić information content (AvgIpc) is 3.03. The number of aromatic nitrogens is 4. The Hall–Kier alpha value is -1.69. The smallest absolute Gasteiger partial charge is 0.240 e. The second kappa shape index (κ2) is 4.77. The fourth-order valence-electron chi connectivity index (χ4n) is 2.54. The molecule has 0 radical (unpaired) electrons. The van der Waals surface area contributed by atoms with E-state index in [0.29, 0.717) is 24.0 Å². The van der Waals surface area contributed by atoms with Gasteiger partial charge in [-0.2, -0.15) is 4.80 Å². The van der Waals surface area contributed by atoms with Crippen LogP contribution in [0.2, 0.25) is 0 Å². The molecular formula is C13H18N4O2. The maximum absolute atomic E-state index is 10.5. The van der Waals surface area contributed by atoms with Gasteiger partial charge < -0.3 is 9.52 Å². The van der Waals surface area contributed by atoms with E-state index in [1.54, 1.807) is 18.4 Å². The van der Waals surface area contributed by atoms with Crippen molar-refractivity contribution in [3.05, 3.63) is 18.4 Å². The van der Waals surface area contributed by atoms with Crippen LogP contribution >= 0.6 is 0 Å². The lowest BCUT2D eigenvalue weighted by molar-refractivity contribution is -0.0278. The molecule has 0 saturated heterocycles. The van der Waals surface area contributed by atoms with Crippen molar-refractivity contribution >= 4 is 0 Å². The SMILES string of the molecule is CC1CCC(O)(Cn2nnc(-c3ccco3)n2)CC1. The van der Waals surface area contributed by atoms with E-state index >= 15 is 0 Å². The van der Waals surface area contributed by atoms with Crippen LogP contribution in [0.5, 0.6) is 0 Å². The molecule has 0 spiro atoms. The van der Waals surface area contributed by atoms with Gasteiger partial charge in [0.1, 0.15) is 0 Å². The second-order valence-electron chi connectivity index (χ2n) is 5.53. The Morgan fingerprint density at radius 2 is 2.26 bits per heavy atom. The molecule has 102 valence electrons. The van der Waals surface area contributed by atoms with Crippen molar-refractivity contribution in [2.45, 2.75) is 44.8 Å². The van der Waals surface area contributed by atoms with Gasteiger partial charge in [-0.15, -0.1) is 10.2 Å². The molecule has 1 saturated carbocycles. The molecule has 0 bridgehead atoms. The lowest BCUT2D eigenvalue weighted by Crippen LogP contribution is -2.38. The first-order valence-corrected chi connectivity index (χ1v) is 6.69. The zero-order valence-corrected chi connectivity index (χ0v) is 11.0. The number of hydrogen-bond donors (Lipinski definition) is 1. The lowest BCUT2D eigenvalue weighted by Gasteiger charge is -2.34. The van der Waals surface area contributed by atoms with E-state index in [-0.39, 0.29) is 0 Å². The summed E-state index contributed by atoms with van der Waals surface area (Å²) in [5, 5.41) is 22.7. The lowest BCUT2D eigenvalue weighted by atomic mass is 9.80. The van der Waals surface area contributed by atoms with Crippen LogP contribution in [0.15, 0.2) is 22.8 Å². The highest BCUT2D eigenvalue weighted by Gasteiger charge is 2.33. The monoisotopic (exact) mass is 262 g/mol. The molecule has 1 aliphatic rings. The van der Waals surface area contributed by atoms with Gasteiger partial charge in [-0.1, -0.05) is 6.92 Å². The molecule has 1 N–H and O–H groups in total. The highest BCUT2D eigenvalue weighted by Crippen LogP contribution is 2.32. The van der Waals surface area contributed by atoms with Crippen molar-refractivity contribution in [3.63, 3.8) is 0 Å². The maximum atomic E-state index is 10.5. The molecule has 1 fully saturated rings. The summed E-state index contributed by atoms with van der Waals surface area (Å²) in [6.07, 6.45) is 5.27. The Kier molecular flexibility index (Phi) is 3.10. The van der Waals surface area contributed by atoms with Gasteiger partial charge in [0.25, 0.3) is 0 Å². The summed E-state index contributed by atoms with van der Waals surface area (Å²) in [4.78, 5) is 1.47. The second-order valence-corrected chi connectivity index (χ2v) is 5.53. The summed E-state index contributed by atoms with van der Waals surface area (Å²) in [6.45, 7) is 2.62. The molecule has 6 nitrogen and oxygen atoms in total.